The van der Waals surface area contributed by atoms with E-state index in [4.69, 9.17) is 15.2 Å². The summed E-state index contributed by atoms with van der Waals surface area (Å²) < 4.78 is 10.9. The van der Waals surface area contributed by atoms with Crippen LogP contribution in [0.2, 0.25) is 0 Å². The maximum Gasteiger partial charge on any atom is 0.188 e. The minimum atomic E-state index is 0. The molecular weight excluding hydrogens is 369 g/mol. The Hall–Kier alpha value is -0.0800. The van der Waals surface area contributed by atoms with Crippen LogP contribution in [0.25, 0.3) is 0 Å². The molecule has 3 N–H and O–H groups in total. The van der Waals surface area contributed by atoms with Crippen LogP contribution < -0.4 is 11.1 Å². The van der Waals surface area contributed by atoms with Crippen molar-refractivity contribution in [3.05, 3.63) is 0 Å². The van der Waals surface area contributed by atoms with Crippen molar-refractivity contribution in [2.24, 2.45) is 22.6 Å². The monoisotopic (exact) mass is 397 g/mol. The first-order valence-electron chi connectivity index (χ1n) is 7.54. The molecule has 118 valence electrons. The predicted molar refractivity (Wildman–Crippen MR) is 91.6 cm³/mol. The zero-order valence-electron chi connectivity index (χ0n) is 12.2. The second kappa shape index (κ2) is 10.6. The second-order valence-corrected chi connectivity index (χ2v) is 5.61. The largest absolute Gasteiger partial charge is 0.381 e. The summed E-state index contributed by atoms with van der Waals surface area (Å²) in [4.78, 5) is 4.35. The molecule has 0 aromatic rings. The Morgan fingerprint density at radius 1 is 1.30 bits per heavy atom. The van der Waals surface area contributed by atoms with Crippen LogP contribution in [0.15, 0.2) is 4.99 Å². The van der Waals surface area contributed by atoms with Crippen molar-refractivity contribution in [3.8, 4) is 0 Å². The van der Waals surface area contributed by atoms with Gasteiger partial charge in [-0.3, -0.25) is 4.99 Å². The molecule has 20 heavy (non-hydrogen) atoms. The molecule has 6 heteroatoms. The molecule has 1 heterocycles. The summed E-state index contributed by atoms with van der Waals surface area (Å²) in [6, 6.07) is 0. The van der Waals surface area contributed by atoms with Crippen molar-refractivity contribution in [1.29, 1.82) is 0 Å². The van der Waals surface area contributed by atoms with Crippen LogP contribution in [-0.2, 0) is 9.47 Å². The molecular formula is C14H28IN3O2. The number of nitrogens with zero attached hydrogens (tertiary/aromatic N) is 1. The molecule has 1 saturated carbocycles. The van der Waals surface area contributed by atoms with Gasteiger partial charge in [0, 0.05) is 32.2 Å². The summed E-state index contributed by atoms with van der Waals surface area (Å²) in [7, 11) is 0. The lowest BCUT2D eigenvalue weighted by atomic mass is 9.86. The third-order valence-corrected chi connectivity index (χ3v) is 3.89. The molecule has 0 amide bonds. The zero-order chi connectivity index (χ0) is 13.3. The van der Waals surface area contributed by atoms with Crippen molar-refractivity contribution in [1.82, 2.24) is 5.32 Å². The first-order chi connectivity index (χ1) is 9.34. The van der Waals surface area contributed by atoms with E-state index in [1.54, 1.807) is 0 Å². The van der Waals surface area contributed by atoms with E-state index >= 15 is 0 Å². The molecule has 0 radical (unpaired) electrons. The van der Waals surface area contributed by atoms with Gasteiger partial charge in [0.1, 0.15) is 0 Å². The highest BCUT2D eigenvalue weighted by atomic mass is 127. The van der Waals surface area contributed by atoms with Gasteiger partial charge < -0.3 is 20.5 Å². The lowest BCUT2D eigenvalue weighted by Crippen LogP contribution is -2.33. The van der Waals surface area contributed by atoms with Gasteiger partial charge in [0.15, 0.2) is 5.96 Å². The topological polar surface area (TPSA) is 68.9 Å². The SMILES string of the molecule is I.NC(=NCC1CCC1)NCCCOCC1CCOC1. The number of aliphatic imine (C=N–C) groups is 1. The van der Waals surface area contributed by atoms with Crippen molar-refractivity contribution in [3.63, 3.8) is 0 Å². The molecule has 0 aromatic carbocycles. The van der Waals surface area contributed by atoms with Gasteiger partial charge >= 0.3 is 0 Å². The van der Waals surface area contributed by atoms with Gasteiger partial charge in [0.05, 0.1) is 13.2 Å². The number of rotatable bonds is 8. The first-order valence-corrected chi connectivity index (χ1v) is 7.54. The average molecular weight is 397 g/mol. The molecule has 5 nitrogen and oxygen atoms in total. The quantitative estimate of drug-likeness (QED) is 0.284. The molecule has 2 rings (SSSR count). The van der Waals surface area contributed by atoms with Crippen molar-refractivity contribution >= 4 is 29.9 Å². The normalized spacial score (nSPS) is 23.2. The molecule has 1 saturated heterocycles. The van der Waals surface area contributed by atoms with E-state index in [9.17, 15) is 0 Å². The Balaban J connectivity index is 0.00000200. The van der Waals surface area contributed by atoms with E-state index < -0.39 is 0 Å². The fourth-order valence-corrected chi connectivity index (χ4v) is 2.31. The molecule has 1 aliphatic heterocycles. The van der Waals surface area contributed by atoms with E-state index in [0.29, 0.717) is 11.9 Å². The number of hydrogen-bond donors (Lipinski definition) is 2. The predicted octanol–water partition coefficient (Wildman–Crippen LogP) is 1.75. The van der Waals surface area contributed by atoms with E-state index in [1.807, 2.05) is 0 Å². The smallest absolute Gasteiger partial charge is 0.188 e. The number of ether oxygens (including phenoxy) is 2. The summed E-state index contributed by atoms with van der Waals surface area (Å²) in [6.07, 6.45) is 6.09. The average Bonchev–Trinajstić information content (AvgIpc) is 2.84. The van der Waals surface area contributed by atoms with Gasteiger partial charge in [-0.2, -0.15) is 0 Å². The van der Waals surface area contributed by atoms with Crippen molar-refractivity contribution in [2.75, 3.05) is 39.5 Å². The summed E-state index contributed by atoms with van der Waals surface area (Å²) in [6.45, 7) is 5.07. The maximum atomic E-state index is 5.80. The van der Waals surface area contributed by atoms with Crippen LogP contribution in [0.5, 0.6) is 0 Å². The van der Waals surface area contributed by atoms with Crippen LogP contribution in [0.3, 0.4) is 0 Å². The molecule has 0 spiro atoms. The highest BCUT2D eigenvalue weighted by Crippen LogP contribution is 2.26. The van der Waals surface area contributed by atoms with Crippen LogP contribution in [0.1, 0.15) is 32.1 Å². The molecule has 0 bridgehead atoms. The van der Waals surface area contributed by atoms with Gasteiger partial charge in [-0.25, -0.2) is 0 Å². The Morgan fingerprint density at radius 2 is 2.15 bits per heavy atom. The lowest BCUT2D eigenvalue weighted by molar-refractivity contribution is 0.0888. The zero-order valence-corrected chi connectivity index (χ0v) is 14.5. The first kappa shape index (κ1) is 18.0. The van der Waals surface area contributed by atoms with Crippen molar-refractivity contribution < 1.29 is 9.47 Å². The van der Waals surface area contributed by atoms with E-state index in [-0.39, 0.29) is 24.0 Å². The Labute approximate surface area is 139 Å². The van der Waals surface area contributed by atoms with Gasteiger partial charge in [-0.05, 0) is 31.6 Å². The third kappa shape index (κ3) is 7.08. The Bertz CT molecular complexity index is 280. The van der Waals surface area contributed by atoms with Gasteiger partial charge in [-0.1, -0.05) is 6.42 Å². The van der Waals surface area contributed by atoms with E-state index in [1.165, 1.54) is 19.3 Å². The Kier molecular flexibility index (Phi) is 9.54. The fraction of sp³-hybridized carbons (Fsp3) is 0.929. The molecule has 2 aliphatic rings. The fourth-order valence-electron chi connectivity index (χ4n) is 2.31. The van der Waals surface area contributed by atoms with E-state index in [2.05, 4.69) is 10.3 Å². The lowest BCUT2D eigenvalue weighted by Gasteiger charge is -2.23. The summed E-state index contributed by atoms with van der Waals surface area (Å²) in [5.41, 5.74) is 5.80. The maximum absolute atomic E-state index is 5.80. The number of hydrogen-bond acceptors (Lipinski definition) is 3. The minimum Gasteiger partial charge on any atom is -0.381 e. The number of nitrogens with two attached hydrogens (primary N) is 1. The summed E-state index contributed by atoms with van der Waals surface area (Å²) in [5.74, 6) is 1.95. The molecule has 0 aromatic heterocycles. The number of guanidine groups is 1. The molecule has 2 fully saturated rings. The number of nitrogens with one attached hydrogen (secondary N) is 1. The molecule has 1 aliphatic carbocycles. The highest BCUT2D eigenvalue weighted by Gasteiger charge is 2.16. The third-order valence-electron chi connectivity index (χ3n) is 3.89. The Morgan fingerprint density at radius 3 is 2.80 bits per heavy atom. The van der Waals surface area contributed by atoms with Crippen LogP contribution in [0.4, 0.5) is 0 Å². The van der Waals surface area contributed by atoms with Gasteiger partial charge in [-0.15, -0.1) is 24.0 Å². The number of halogens is 1. The van der Waals surface area contributed by atoms with Gasteiger partial charge in [0.2, 0.25) is 0 Å². The van der Waals surface area contributed by atoms with Crippen LogP contribution >= 0.6 is 24.0 Å². The summed E-state index contributed by atoms with van der Waals surface area (Å²) in [5, 5.41) is 3.14. The molecule has 1 atom stereocenters. The minimum absolute atomic E-state index is 0. The van der Waals surface area contributed by atoms with E-state index in [0.717, 1.165) is 58.3 Å². The van der Waals surface area contributed by atoms with Crippen LogP contribution in [0, 0.1) is 11.8 Å². The van der Waals surface area contributed by atoms with Gasteiger partial charge in [0.25, 0.3) is 0 Å². The summed E-state index contributed by atoms with van der Waals surface area (Å²) >= 11 is 0. The van der Waals surface area contributed by atoms with Crippen molar-refractivity contribution in [2.45, 2.75) is 32.1 Å². The van der Waals surface area contributed by atoms with Crippen LogP contribution in [-0.4, -0.2) is 45.5 Å². The second-order valence-electron chi connectivity index (χ2n) is 5.61. The standard InChI is InChI=1S/C14H27N3O2.HI/c15-14(17-9-12-3-1-4-12)16-6-2-7-18-10-13-5-8-19-11-13;/h12-13H,1-11H2,(H3,15,16,17);1H. The molecule has 1 unspecified atom stereocenters. The highest BCUT2D eigenvalue weighted by molar-refractivity contribution is 14.0.